The highest BCUT2D eigenvalue weighted by Gasteiger charge is 2.55. The van der Waals surface area contributed by atoms with E-state index in [0.29, 0.717) is 16.3 Å². The van der Waals surface area contributed by atoms with Gasteiger partial charge in [-0.05, 0) is 29.8 Å². The maximum Gasteiger partial charge on any atom is 0.323 e. The molecule has 1 aromatic heterocycles. The summed E-state index contributed by atoms with van der Waals surface area (Å²) < 4.78 is 4.85. The summed E-state index contributed by atoms with van der Waals surface area (Å²) in [6.45, 7) is 0. The summed E-state index contributed by atoms with van der Waals surface area (Å²) in [4.78, 5) is 28.0. The van der Waals surface area contributed by atoms with Gasteiger partial charge >= 0.3 is 5.97 Å². The van der Waals surface area contributed by atoms with Crippen LogP contribution in [-0.2, 0) is 9.53 Å². The average molecular weight is 362 g/mol. The largest absolute Gasteiger partial charge is 0.468 e. The molecule has 0 saturated carbocycles. The molecule has 0 aliphatic carbocycles. The van der Waals surface area contributed by atoms with E-state index < -0.39 is 30.0 Å². The minimum absolute atomic E-state index is 0.367. The van der Waals surface area contributed by atoms with Gasteiger partial charge in [0, 0.05) is 16.1 Å². The Labute approximate surface area is 149 Å². The van der Waals surface area contributed by atoms with Gasteiger partial charge in [-0.2, -0.15) is 0 Å². The van der Waals surface area contributed by atoms with E-state index >= 15 is 0 Å². The van der Waals surface area contributed by atoms with Crippen molar-refractivity contribution in [3.05, 3.63) is 75.1 Å². The number of rotatable bonds is 4. The topological polar surface area (TPSA) is 94.4 Å². The van der Waals surface area contributed by atoms with Crippen molar-refractivity contribution in [3.8, 4) is 0 Å². The summed E-state index contributed by atoms with van der Waals surface area (Å²) in [5.74, 6) is -1.25. The van der Waals surface area contributed by atoms with E-state index in [1.54, 1.807) is 48.7 Å². The molecule has 1 N–H and O–H groups in total. The zero-order valence-corrected chi connectivity index (χ0v) is 14.1. The average Bonchev–Trinajstić information content (AvgIpc) is 3.03. The molecular weight excluding hydrogens is 346 g/mol. The summed E-state index contributed by atoms with van der Waals surface area (Å²) in [7, 11) is 1.26. The van der Waals surface area contributed by atoms with Crippen LogP contribution in [0.2, 0.25) is 5.02 Å². The fourth-order valence-corrected chi connectivity index (χ4v) is 3.42. The number of esters is 1. The minimum Gasteiger partial charge on any atom is -0.468 e. The van der Waals surface area contributed by atoms with E-state index in [0.717, 1.165) is 0 Å². The Kier molecular flexibility index (Phi) is 4.96. The molecule has 1 saturated heterocycles. The third kappa shape index (κ3) is 3.33. The van der Waals surface area contributed by atoms with Crippen molar-refractivity contribution < 1.29 is 14.5 Å². The standard InChI is InChI=1S/C17H16ClN3O4/c1-25-17(22)15-13(10-5-7-11(18)8-6-10)16(21(23)24)14(20-15)12-4-2-3-9-19-12/h2-9,13-16,20H,1H3/t13-,14-,15-,16+/m0/s1. The van der Waals surface area contributed by atoms with Gasteiger partial charge in [0.15, 0.2) is 0 Å². The van der Waals surface area contributed by atoms with E-state index in [1.807, 2.05) is 0 Å². The van der Waals surface area contributed by atoms with Crippen molar-refractivity contribution in [2.75, 3.05) is 7.11 Å². The van der Waals surface area contributed by atoms with Crippen LogP contribution in [0.15, 0.2) is 48.7 Å². The van der Waals surface area contributed by atoms with Crippen LogP contribution >= 0.6 is 11.6 Å². The second kappa shape index (κ2) is 7.16. The monoisotopic (exact) mass is 361 g/mol. The summed E-state index contributed by atoms with van der Waals surface area (Å²) in [6.07, 6.45) is 1.57. The highest BCUT2D eigenvalue weighted by molar-refractivity contribution is 6.30. The Morgan fingerprint density at radius 1 is 1.28 bits per heavy atom. The van der Waals surface area contributed by atoms with Gasteiger partial charge in [0.2, 0.25) is 6.04 Å². The van der Waals surface area contributed by atoms with Gasteiger partial charge in [-0.3, -0.25) is 25.2 Å². The highest BCUT2D eigenvalue weighted by atomic mass is 35.5. The molecule has 7 nitrogen and oxygen atoms in total. The Balaban J connectivity index is 2.08. The maximum atomic E-state index is 12.3. The van der Waals surface area contributed by atoms with Gasteiger partial charge < -0.3 is 4.74 Å². The normalized spacial score (nSPS) is 25.5. The Hall–Kier alpha value is -2.51. The number of hydrogen-bond donors (Lipinski definition) is 1. The third-order valence-corrected chi connectivity index (χ3v) is 4.64. The number of benzene rings is 1. The van der Waals surface area contributed by atoms with Crippen LogP contribution in [-0.4, -0.2) is 35.1 Å². The molecule has 1 aromatic carbocycles. The molecule has 3 rings (SSSR count). The van der Waals surface area contributed by atoms with E-state index in [-0.39, 0.29) is 4.92 Å². The number of halogens is 1. The third-order valence-electron chi connectivity index (χ3n) is 4.39. The lowest BCUT2D eigenvalue weighted by Gasteiger charge is -2.19. The van der Waals surface area contributed by atoms with Crippen LogP contribution in [0.4, 0.5) is 0 Å². The summed E-state index contributed by atoms with van der Waals surface area (Å²) in [6, 6.07) is 9.25. The van der Waals surface area contributed by atoms with Crippen molar-refractivity contribution in [1.29, 1.82) is 0 Å². The Morgan fingerprint density at radius 2 is 2.00 bits per heavy atom. The fourth-order valence-electron chi connectivity index (χ4n) is 3.29. The number of hydrogen-bond acceptors (Lipinski definition) is 6. The first-order valence-corrected chi connectivity index (χ1v) is 8.04. The first-order chi connectivity index (χ1) is 12.0. The number of ether oxygens (including phenoxy) is 1. The first kappa shape index (κ1) is 17.3. The number of methoxy groups -OCH3 is 1. The van der Waals surface area contributed by atoms with Gasteiger partial charge in [-0.15, -0.1) is 0 Å². The van der Waals surface area contributed by atoms with Crippen LogP contribution in [0.25, 0.3) is 0 Å². The van der Waals surface area contributed by atoms with Crippen LogP contribution in [0, 0.1) is 10.1 Å². The lowest BCUT2D eigenvalue weighted by molar-refractivity contribution is -0.527. The SMILES string of the molecule is COC(=O)[C@H]1N[C@@H](c2ccccn2)[C@H]([N+](=O)[O-])[C@H]1c1ccc(Cl)cc1. The molecule has 130 valence electrons. The van der Waals surface area contributed by atoms with Crippen LogP contribution in [0.5, 0.6) is 0 Å². The minimum atomic E-state index is -1.07. The zero-order valence-electron chi connectivity index (χ0n) is 13.3. The smallest absolute Gasteiger partial charge is 0.323 e. The van der Waals surface area contributed by atoms with Crippen molar-refractivity contribution in [2.45, 2.75) is 24.0 Å². The number of nitro groups is 1. The quantitative estimate of drug-likeness (QED) is 0.510. The van der Waals surface area contributed by atoms with E-state index in [9.17, 15) is 14.9 Å². The molecular formula is C17H16ClN3O4. The zero-order chi connectivity index (χ0) is 18.0. The second-order valence-electron chi connectivity index (χ2n) is 5.75. The number of nitrogens with zero attached hydrogens (tertiary/aromatic N) is 2. The number of nitrogens with one attached hydrogen (secondary N) is 1. The highest BCUT2D eigenvalue weighted by Crippen LogP contribution is 2.40. The molecule has 0 radical (unpaired) electrons. The predicted octanol–water partition coefficient (Wildman–Crippen LogP) is 2.35. The molecule has 0 amide bonds. The van der Waals surface area contributed by atoms with Crippen LogP contribution < -0.4 is 5.32 Å². The molecule has 25 heavy (non-hydrogen) atoms. The van der Waals surface area contributed by atoms with E-state index in [2.05, 4.69) is 10.3 Å². The Morgan fingerprint density at radius 3 is 2.56 bits per heavy atom. The van der Waals surface area contributed by atoms with E-state index in [1.165, 1.54) is 7.11 Å². The molecule has 1 aliphatic heterocycles. The molecule has 4 atom stereocenters. The number of carbonyl (C=O) groups is 1. The van der Waals surface area contributed by atoms with Crippen molar-refractivity contribution in [3.63, 3.8) is 0 Å². The first-order valence-electron chi connectivity index (χ1n) is 7.66. The van der Waals surface area contributed by atoms with Crippen LogP contribution in [0.1, 0.15) is 23.2 Å². The molecule has 0 bridgehead atoms. The number of carbonyl (C=O) groups excluding carboxylic acids is 1. The summed E-state index contributed by atoms with van der Waals surface area (Å²) in [5.41, 5.74) is 1.15. The number of aromatic nitrogens is 1. The lowest BCUT2D eigenvalue weighted by Crippen LogP contribution is -2.37. The lowest BCUT2D eigenvalue weighted by atomic mass is 9.86. The maximum absolute atomic E-state index is 12.3. The molecule has 1 aliphatic rings. The van der Waals surface area contributed by atoms with Gasteiger partial charge in [-0.1, -0.05) is 29.8 Å². The molecule has 2 aromatic rings. The summed E-state index contributed by atoms with van der Waals surface area (Å²) >= 11 is 5.92. The fraction of sp³-hybridized carbons (Fsp3) is 0.294. The Bertz CT molecular complexity index is 769. The number of pyridine rings is 1. The van der Waals surface area contributed by atoms with Gasteiger partial charge in [0.1, 0.15) is 12.1 Å². The van der Waals surface area contributed by atoms with Crippen molar-refractivity contribution in [1.82, 2.24) is 10.3 Å². The van der Waals surface area contributed by atoms with Crippen LogP contribution in [0.3, 0.4) is 0 Å². The second-order valence-corrected chi connectivity index (χ2v) is 6.19. The molecule has 0 unspecified atom stereocenters. The van der Waals surface area contributed by atoms with Gasteiger partial charge in [0.25, 0.3) is 0 Å². The molecule has 8 heteroatoms. The molecule has 1 fully saturated rings. The molecule has 2 heterocycles. The predicted molar refractivity (Wildman–Crippen MR) is 90.9 cm³/mol. The molecule has 0 spiro atoms. The van der Waals surface area contributed by atoms with Crippen molar-refractivity contribution in [2.24, 2.45) is 0 Å². The van der Waals surface area contributed by atoms with Crippen molar-refractivity contribution >= 4 is 17.6 Å². The summed E-state index contributed by atoms with van der Waals surface area (Å²) in [5, 5.41) is 15.4. The van der Waals surface area contributed by atoms with Gasteiger partial charge in [-0.25, -0.2) is 0 Å². The van der Waals surface area contributed by atoms with Gasteiger partial charge in [0.05, 0.1) is 18.7 Å². The van der Waals surface area contributed by atoms with E-state index in [4.69, 9.17) is 16.3 Å².